The molecule has 0 amide bonds. The largest absolute Gasteiger partial charge is 0.456 e. The van der Waals surface area contributed by atoms with Crippen molar-refractivity contribution in [3.05, 3.63) is 182 Å². The minimum atomic E-state index is -0.394. The molecule has 0 saturated carbocycles. The number of furan rings is 1. The lowest BCUT2D eigenvalue weighted by Gasteiger charge is -2.18. The van der Waals surface area contributed by atoms with Gasteiger partial charge in [-0.25, -0.2) is 0 Å². The first-order chi connectivity index (χ1) is 26.4. The molecular weight excluding hydrogens is 593 g/mol. The summed E-state index contributed by atoms with van der Waals surface area (Å²) in [6.07, 6.45) is 0. The van der Waals surface area contributed by atoms with E-state index in [0.29, 0.717) is 5.56 Å². The highest BCUT2D eigenvalue weighted by molar-refractivity contribution is 6.22. The van der Waals surface area contributed by atoms with Crippen molar-refractivity contribution in [3.8, 4) is 44.5 Å². The van der Waals surface area contributed by atoms with Gasteiger partial charge in [-0.2, -0.15) is 0 Å². The van der Waals surface area contributed by atoms with Crippen LogP contribution in [-0.2, 0) is 0 Å². The minimum absolute atomic E-state index is 0.199. The van der Waals surface area contributed by atoms with E-state index in [1.807, 2.05) is 30.3 Å². The molecule has 0 fully saturated rings. The molecule has 0 N–H and O–H groups in total. The van der Waals surface area contributed by atoms with Crippen molar-refractivity contribution in [2.45, 2.75) is 0 Å². The average molecular weight is 628 g/mol. The predicted octanol–water partition coefficient (Wildman–Crippen LogP) is 13.7. The van der Waals surface area contributed by atoms with Crippen LogP contribution in [0.5, 0.6) is 0 Å². The summed E-state index contributed by atoms with van der Waals surface area (Å²) in [4.78, 5) is 0. The van der Waals surface area contributed by atoms with Gasteiger partial charge in [0.15, 0.2) is 0 Å². The van der Waals surface area contributed by atoms with Gasteiger partial charge in [-0.1, -0.05) is 152 Å². The Hall–Kier alpha value is -6.44. The molecular formula is C48H30O. The van der Waals surface area contributed by atoms with Crippen molar-refractivity contribution in [1.29, 1.82) is 0 Å². The van der Waals surface area contributed by atoms with E-state index in [1.54, 1.807) is 0 Å². The van der Waals surface area contributed by atoms with Crippen molar-refractivity contribution in [3.63, 3.8) is 0 Å². The zero-order valence-corrected chi connectivity index (χ0v) is 26.3. The Balaban J connectivity index is 1.15. The Morgan fingerprint density at radius 1 is 0.327 bits per heavy atom. The van der Waals surface area contributed by atoms with Crippen LogP contribution in [0.15, 0.2) is 186 Å². The van der Waals surface area contributed by atoms with Gasteiger partial charge >= 0.3 is 0 Å². The number of benzene rings is 9. The molecule has 0 spiro atoms. The summed E-state index contributed by atoms with van der Waals surface area (Å²) in [6.45, 7) is 0. The molecule has 10 aromatic rings. The number of hydrogen-bond donors (Lipinski definition) is 0. The van der Waals surface area contributed by atoms with E-state index >= 15 is 0 Å². The van der Waals surface area contributed by atoms with Gasteiger partial charge in [-0.15, -0.1) is 0 Å². The highest BCUT2D eigenvalue weighted by atomic mass is 16.3. The van der Waals surface area contributed by atoms with Crippen LogP contribution in [0.4, 0.5) is 0 Å². The normalized spacial score (nSPS) is 13.1. The molecule has 0 bridgehead atoms. The summed E-state index contributed by atoms with van der Waals surface area (Å²) in [5, 5.41) is 8.86. The smallest absolute Gasteiger partial charge is 0.136 e. The lowest BCUT2D eigenvalue weighted by atomic mass is 9.85. The fourth-order valence-corrected chi connectivity index (χ4v) is 7.43. The Kier molecular flexibility index (Phi) is 5.20. The molecule has 0 aliphatic carbocycles. The Morgan fingerprint density at radius 2 is 0.878 bits per heavy atom. The number of fused-ring (bicyclic) bond motifs is 6. The first kappa shape index (κ1) is 23.0. The van der Waals surface area contributed by atoms with Gasteiger partial charge in [0.05, 0.1) is 6.85 Å². The quantitative estimate of drug-likeness (QED) is 0.177. The molecule has 10 rings (SSSR count). The molecule has 1 heterocycles. The van der Waals surface area contributed by atoms with E-state index in [4.69, 9.17) is 11.3 Å². The molecule has 49 heavy (non-hydrogen) atoms. The number of hydrogen-bond acceptors (Lipinski definition) is 1. The molecule has 0 aliphatic heterocycles. The van der Waals surface area contributed by atoms with Crippen LogP contribution in [0.3, 0.4) is 0 Å². The monoisotopic (exact) mass is 627 g/mol. The summed E-state index contributed by atoms with van der Waals surface area (Å²) in [7, 11) is 0. The van der Waals surface area contributed by atoms with Crippen LogP contribution in [0.25, 0.3) is 98.8 Å². The summed E-state index contributed by atoms with van der Waals surface area (Å²) in [5.41, 5.74) is 9.13. The fraction of sp³-hybridized carbons (Fsp3) is 0. The van der Waals surface area contributed by atoms with E-state index in [2.05, 4.69) is 121 Å². The Morgan fingerprint density at radius 3 is 1.57 bits per heavy atom. The third-order valence-electron chi connectivity index (χ3n) is 9.72. The van der Waals surface area contributed by atoms with Gasteiger partial charge in [0, 0.05) is 10.8 Å². The summed E-state index contributed by atoms with van der Waals surface area (Å²) in [5.74, 6) is 0. The van der Waals surface area contributed by atoms with E-state index in [9.17, 15) is 0 Å². The molecule has 0 radical (unpaired) electrons. The first-order valence-corrected chi connectivity index (χ1v) is 16.4. The van der Waals surface area contributed by atoms with Crippen LogP contribution in [0.2, 0.25) is 0 Å². The van der Waals surface area contributed by atoms with Crippen molar-refractivity contribution in [2.24, 2.45) is 0 Å². The zero-order valence-electron chi connectivity index (χ0n) is 31.3. The van der Waals surface area contributed by atoms with Crippen LogP contribution in [0, 0.1) is 0 Å². The Bertz CT molecular complexity index is 3060. The summed E-state index contributed by atoms with van der Waals surface area (Å²) < 4.78 is 47.8. The van der Waals surface area contributed by atoms with Crippen LogP contribution in [-0.4, -0.2) is 0 Å². The Labute approximate surface area is 291 Å². The lowest BCUT2D eigenvalue weighted by Crippen LogP contribution is -1.91. The third-order valence-corrected chi connectivity index (χ3v) is 9.72. The van der Waals surface area contributed by atoms with Crippen molar-refractivity contribution in [2.75, 3.05) is 0 Å². The second kappa shape index (κ2) is 11.1. The van der Waals surface area contributed by atoms with Gasteiger partial charge in [0.2, 0.25) is 0 Å². The van der Waals surface area contributed by atoms with E-state index in [0.717, 1.165) is 76.5 Å². The van der Waals surface area contributed by atoms with Gasteiger partial charge in [0.1, 0.15) is 11.2 Å². The van der Waals surface area contributed by atoms with Gasteiger partial charge < -0.3 is 4.42 Å². The van der Waals surface area contributed by atoms with Crippen molar-refractivity contribution >= 4 is 54.3 Å². The maximum atomic E-state index is 8.49. The van der Waals surface area contributed by atoms with Gasteiger partial charge in [-0.3, -0.25) is 0 Å². The zero-order chi connectivity index (χ0) is 36.7. The maximum absolute atomic E-state index is 8.49. The standard InChI is InChI=1S/C48H30O/c1-3-11-31(12-4-1)33-19-21-34(22-20-33)47-39-15-7-9-17-41(39)48(42-18-10-8-16-40(42)47)37-25-26-45-43(28-37)44-29-38-27-35(32-13-5-2-6-14-32)23-24-36(38)30-46(44)49-45/h1-30H/i1D,3D,4D,11D,12D. The van der Waals surface area contributed by atoms with E-state index < -0.39 is 6.04 Å². The highest BCUT2D eigenvalue weighted by Crippen LogP contribution is 2.45. The fourth-order valence-electron chi connectivity index (χ4n) is 7.43. The van der Waals surface area contributed by atoms with Crippen LogP contribution in [0.1, 0.15) is 6.85 Å². The second-order valence-electron chi connectivity index (χ2n) is 12.5. The maximum Gasteiger partial charge on any atom is 0.136 e. The molecule has 9 aromatic carbocycles. The molecule has 1 aromatic heterocycles. The molecule has 1 nitrogen and oxygen atoms in total. The minimum Gasteiger partial charge on any atom is -0.456 e. The van der Waals surface area contributed by atoms with Gasteiger partial charge in [-0.05, 0) is 107 Å². The van der Waals surface area contributed by atoms with E-state index in [1.165, 1.54) is 11.1 Å². The molecule has 228 valence electrons. The van der Waals surface area contributed by atoms with Crippen molar-refractivity contribution < 1.29 is 11.3 Å². The average Bonchev–Trinajstić information content (AvgIpc) is 3.57. The van der Waals surface area contributed by atoms with Crippen LogP contribution >= 0.6 is 0 Å². The SMILES string of the molecule is [2H]c1c([2H])c([2H])c(-c2ccc(-c3c4ccccc4c(-c4ccc5oc6cc7ccc(-c8ccccc8)cc7cc6c5c4)c4ccccc34)cc2)c([2H])c1[2H]. The van der Waals surface area contributed by atoms with E-state index in [-0.39, 0.29) is 29.7 Å². The summed E-state index contributed by atoms with van der Waals surface area (Å²) >= 11 is 0. The molecule has 0 unspecified atom stereocenters. The molecule has 0 atom stereocenters. The molecule has 0 aliphatic rings. The second-order valence-corrected chi connectivity index (χ2v) is 12.5. The van der Waals surface area contributed by atoms with Crippen molar-refractivity contribution in [1.82, 2.24) is 0 Å². The topological polar surface area (TPSA) is 13.1 Å². The number of rotatable bonds is 4. The van der Waals surface area contributed by atoms with Crippen LogP contribution < -0.4 is 0 Å². The summed E-state index contributed by atoms with van der Waals surface area (Å²) in [6, 6.07) is 51.1. The first-order valence-electron chi connectivity index (χ1n) is 18.9. The predicted molar refractivity (Wildman–Crippen MR) is 208 cm³/mol. The molecule has 0 saturated heterocycles. The highest BCUT2D eigenvalue weighted by Gasteiger charge is 2.18. The molecule has 1 heteroatoms. The third kappa shape index (κ3) is 4.55. The lowest BCUT2D eigenvalue weighted by molar-refractivity contribution is 0.669. The van der Waals surface area contributed by atoms with Gasteiger partial charge in [0.25, 0.3) is 0 Å².